The van der Waals surface area contributed by atoms with Crippen LogP contribution in [0.25, 0.3) is 0 Å². The Kier molecular flexibility index (Phi) is 6.17. The van der Waals surface area contributed by atoms with E-state index in [0.717, 1.165) is 12.8 Å². The standard InChI is InChI=1S/C20H20Cl2N2O2/c21-16-9-4-10-17(19(16)22)23-20(26)15-12-18(25)24(13-15)11-5-8-14-6-2-1-3-7-14/h1-4,6-7,9-10,15H,5,8,11-13H2,(H,23,26). The lowest BCUT2D eigenvalue weighted by atomic mass is 10.1. The summed E-state index contributed by atoms with van der Waals surface area (Å²) in [5.74, 6) is -0.544. The highest BCUT2D eigenvalue weighted by Gasteiger charge is 2.34. The summed E-state index contributed by atoms with van der Waals surface area (Å²) in [6.07, 6.45) is 2.03. The number of anilines is 1. The normalized spacial score (nSPS) is 16.8. The van der Waals surface area contributed by atoms with Crippen LogP contribution in [0.1, 0.15) is 18.4 Å². The number of benzene rings is 2. The van der Waals surface area contributed by atoms with Gasteiger partial charge in [0.2, 0.25) is 11.8 Å². The Labute approximate surface area is 163 Å². The van der Waals surface area contributed by atoms with E-state index in [9.17, 15) is 9.59 Å². The molecule has 1 heterocycles. The van der Waals surface area contributed by atoms with Crippen LogP contribution in [0.15, 0.2) is 48.5 Å². The average molecular weight is 391 g/mol. The number of aryl methyl sites for hydroxylation is 1. The number of likely N-dealkylation sites (tertiary alicyclic amines) is 1. The molecule has 1 saturated heterocycles. The van der Waals surface area contributed by atoms with E-state index in [1.54, 1.807) is 23.1 Å². The lowest BCUT2D eigenvalue weighted by molar-refractivity contribution is -0.128. The molecular weight excluding hydrogens is 371 g/mol. The van der Waals surface area contributed by atoms with E-state index in [-0.39, 0.29) is 24.2 Å². The maximum atomic E-state index is 12.5. The summed E-state index contributed by atoms with van der Waals surface area (Å²) in [6, 6.07) is 15.2. The number of carbonyl (C=O) groups is 2. The molecule has 3 rings (SSSR count). The van der Waals surface area contributed by atoms with E-state index in [4.69, 9.17) is 23.2 Å². The predicted molar refractivity (Wildman–Crippen MR) is 105 cm³/mol. The van der Waals surface area contributed by atoms with Gasteiger partial charge in [0.25, 0.3) is 0 Å². The lowest BCUT2D eigenvalue weighted by Crippen LogP contribution is -2.29. The smallest absolute Gasteiger partial charge is 0.229 e. The molecule has 1 aliphatic heterocycles. The van der Waals surface area contributed by atoms with E-state index >= 15 is 0 Å². The minimum Gasteiger partial charge on any atom is -0.342 e. The molecule has 0 saturated carbocycles. The topological polar surface area (TPSA) is 49.4 Å². The molecule has 0 spiro atoms. The van der Waals surface area contributed by atoms with Gasteiger partial charge in [-0.1, -0.05) is 59.6 Å². The Balaban J connectivity index is 1.52. The second kappa shape index (κ2) is 8.56. The minimum absolute atomic E-state index is 0.0235. The lowest BCUT2D eigenvalue weighted by Gasteiger charge is -2.17. The van der Waals surface area contributed by atoms with Crippen molar-refractivity contribution in [3.05, 3.63) is 64.1 Å². The van der Waals surface area contributed by atoms with Crippen LogP contribution in [-0.2, 0) is 16.0 Å². The van der Waals surface area contributed by atoms with Gasteiger partial charge >= 0.3 is 0 Å². The van der Waals surface area contributed by atoms with E-state index in [0.29, 0.717) is 28.8 Å². The van der Waals surface area contributed by atoms with Crippen LogP contribution in [0.2, 0.25) is 10.0 Å². The molecule has 2 amide bonds. The SMILES string of the molecule is O=C(Nc1cccc(Cl)c1Cl)C1CC(=O)N(CCCc2ccccc2)C1. The molecule has 26 heavy (non-hydrogen) atoms. The fourth-order valence-electron chi connectivity index (χ4n) is 3.12. The fourth-order valence-corrected chi connectivity index (χ4v) is 3.47. The van der Waals surface area contributed by atoms with Gasteiger partial charge in [-0.3, -0.25) is 9.59 Å². The molecule has 0 bridgehead atoms. The molecular formula is C20H20Cl2N2O2. The quantitative estimate of drug-likeness (QED) is 0.793. The van der Waals surface area contributed by atoms with Crippen molar-refractivity contribution in [2.45, 2.75) is 19.3 Å². The molecule has 2 aromatic rings. The van der Waals surface area contributed by atoms with E-state index in [1.165, 1.54) is 5.56 Å². The average Bonchev–Trinajstić information content (AvgIpc) is 3.01. The molecule has 1 aliphatic rings. The molecule has 1 atom stereocenters. The van der Waals surface area contributed by atoms with Crippen molar-refractivity contribution in [3.8, 4) is 0 Å². The first-order valence-electron chi connectivity index (χ1n) is 8.61. The second-order valence-electron chi connectivity index (χ2n) is 6.42. The molecule has 6 heteroatoms. The highest BCUT2D eigenvalue weighted by molar-refractivity contribution is 6.44. The zero-order chi connectivity index (χ0) is 18.5. The van der Waals surface area contributed by atoms with Gasteiger partial charge in [0.1, 0.15) is 0 Å². The number of nitrogens with one attached hydrogen (secondary N) is 1. The van der Waals surface area contributed by atoms with Gasteiger partial charge in [0.15, 0.2) is 0 Å². The van der Waals surface area contributed by atoms with Crippen molar-refractivity contribution >= 4 is 40.7 Å². The van der Waals surface area contributed by atoms with Gasteiger partial charge in [-0.15, -0.1) is 0 Å². The molecule has 2 aromatic carbocycles. The van der Waals surface area contributed by atoms with Crippen molar-refractivity contribution in [1.29, 1.82) is 0 Å². The third-order valence-electron chi connectivity index (χ3n) is 4.53. The number of amides is 2. The maximum absolute atomic E-state index is 12.5. The summed E-state index contributed by atoms with van der Waals surface area (Å²) in [4.78, 5) is 26.4. The molecule has 136 valence electrons. The minimum atomic E-state index is -0.366. The third kappa shape index (κ3) is 4.57. The summed E-state index contributed by atoms with van der Waals surface area (Å²) in [5, 5.41) is 3.48. The molecule has 0 radical (unpaired) electrons. The summed E-state index contributed by atoms with van der Waals surface area (Å²) < 4.78 is 0. The van der Waals surface area contributed by atoms with Crippen LogP contribution in [0.3, 0.4) is 0 Å². The van der Waals surface area contributed by atoms with Gasteiger partial charge in [-0.2, -0.15) is 0 Å². The molecule has 1 N–H and O–H groups in total. The Hall–Kier alpha value is -2.04. The van der Waals surface area contributed by atoms with Crippen LogP contribution in [0.4, 0.5) is 5.69 Å². The second-order valence-corrected chi connectivity index (χ2v) is 7.21. The summed E-state index contributed by atoms with van der Waals surface area (Å²) in [7, 11) is 0. The summed E-state index contributed by atoms with van der Waals surface area (Å²) >= 11 is 12.1. The molecule has 0 aliphatic carbocycles. The first-order valence-corrected chi connectivity index (χ1v) is 9.37. The van der Waals surface area contributed by atoms with Crippen molar-refractivity contribution < 1.29 is 9.59 Å². The number of nitrogens with zero attached hydrogens (tertiary/aromatic N) is 1. The predicted octanol–water partition coefficient (Wildman–Crippen LogP) is 4.41. The first kappa shape index (κ1) is 18.7. The van der Waals surface area contributed by atoms with Crippen LogP contribution < -0.4 is 5.32 Å². The van der Waals surface area contributed by atoms with E-state index in [1.807, 2.05) is 18.2 Å². The molecule has 1 unspecified atom stereocenters. The highest BCUT2D eigenvalue weighted by Crippen LogP contribution is 2.30. The molecule has 4 nitrogen and oxygen atoms in total. The van der Waals surface area contributed by atoms with Crippen LogP contribution in [0, 0.1) is 5.92 Å². The largest absolute Gasteiger partial charge is 0.342 e. The summed E-state index contributed by atoms with van der Waals surface area (Å²) in [6.45, 7) is 1.10. The van der Waals surface area contributed by atoms with Gasteiger partial charge in [-0.05, 0) is 30.5 Å². The van der Waals surface area contributed by atoms with Gasteiger partial charge in [-0.25, -0.2) is 0 Å². The van der Waals surface area contributed by atoms with E-state index < -0.39 is 0 Å². The summed E-state index contributed by atoms with van der Waals surface area (Å²) in [5.41, 5.74) is 1.73. The number of hydrogen-bond acceptors (Lipinski definition) is 2. The number of rotatable bonds is 6. The van der Waals surface area contributed by atoms with Gasteiger partial charge in [0.05, 0.1) is 21.7 Å². The zero-order valence-corrected chi connectivity index (χ0v) is 15.8. The van der Waals surface area contributed by atoms with E-state index in [2.05, 4.69) is 17.4 Å². The Morgan fingerprint density at radius 1 is 1.12 bits per heavy atom. The van der Waals surface area contributed by atoms with Crippen LogP contribution in [0.5, 0.6) is 0 Å². The first-order chi connectivity index (χ1) is 12.5. The Morgan fingerprint density at radius 3 is 2.65 bits per heavy atom. The van der Waals surface area contributed by atoms with Gasteiger partial charge < -0.3 is 10.2 Å². The molecule has 1 fully saturated rings. The fraction of sp³-hybridized carbons (Fsp3) is 0.300. The maximum Gasteiger partial charge on any atom is 0.229 e. The Morgan fingerprint density at radius 2 is 1.88 bits per heavy atom. The monoisotopic (exact) mass is 390 g/mol. The number of halogens is 2. The Bertz CT molecular complexity index is 796. The van der Waals surface area contributed by atoms with Crippen molar-refractivity contribution in [3.63, 3.8) is 0 Å². The number of hydrogen-bond donors (Lipinski definition) is 1. The van der Waals surface area contributed by atoms with Crippen molar-refractivity contribution in [2.75, 3.05) is 18.4 Å². The highest BCUT2D eigenvalue weighted by atomic mass is 35.5. The third-order valence-corrected chi connectivity index (χ3v) is 5.35. The zero-order valence-electron chi connectivity index (χ0n) is 14.3. The van der Waals surface area contributed by atoms with Crippen LogP contribution in [-0.4, -0.2) is 29.8 Å². The number of carbonyl (C=O) groups excluding carboxylic acids is 2. The van der Waals surface area contributed by atoms with Crippen molar-refractivity contribution in [1.82, 2.24) is 4.90 Å². The van der Waals surface area contributed by atoms with Crippen LogP contribution >= 0.6 is 23.2 Å². The molecule has 0 aromatic heterocycles. The van der Waals surface area contributed by atoms with Gasteiger partial charge in [0, 0.05) is 19.5 Å². The van der Waals surface area contributed by atoms with Crippen molar-refractivity contribution in [2.24, 2.45) is 5.92 Å².